The molecule has 0 bridgehead atoms. The van der Waals surface area contributed by atoms with Crippen molar-refractivity contribution in [2.75, 3.05) is 0 Å². The number of aryl methyl sites for hydroxylation is 4. The van der Waals surface area contributed by atoms with Gasteiger partial charge in [-0.2, -0.15) is 10.5 Å². The number of hydrogen-bond acceptors (Lipinski definition) is 8. The molecule has 5 aromatic carbocycles. The summed E-state index contributed by atoms with van der Waals surface area (Å²) in [5.74, 6) is -0.155. The molecular formula is C81H84N2OS5. The molecule has 454 valence electrons. The molecule has 0 radical (unpaired) electrons. The minimum Gasteiger partial charge on any atom is -0.289 e. The summed E-state index contributed by atoms with van der Waals surface area (Å²) in [5.41, 5.74) is 15.4. The van der Waals surface area contributed by atoms with Crippen molar-refractivity contribution in [1.29, 1.82) is 10.5 Å². The molecule has 0 fully saturated rings. The number of nitriles is 2. The number of hydrogen-bond donors (Lipinski definition) is 1. The van der Waals surface area contributed by atoms with Crippen LogP contribution >= 0.6 is 58.0 Å². The molecule has 89 heavy (non-hydrogen) atoms. The van der Waals surface area contributed by atoms with Crippen LogP contribution in [0.5, 0.6) is 0 Å². The maximum atomic E-state index is 14.4. The number of fused-ring (bicyclic) bond motifs is 10. The molecule has 3 aliphatic carbocycles. The molecule has 9 aromatic rings. The summed E-state index contributed by atoms with van der Waals surface area (Å²) in [6.07, 6.45) is 33.9. The third-order valence-corrected chi connectivity index (χ3v) is 25.0. The highest BCUT2D eigenvalue weighted by atomic mass is 32.1. The summed E-state index contributed by atoms with van der Waals surface area (Å²) in [6, 6.07) is 52.9. The Balaban J connectivity index is 1.07. The molecule has 8 heteroatoms. The van der Waals surface area contributed by atoms with E-state index >= 15 is 0 Å². The lowest BCUT2D eigenvalue weighted by atomic mass is 9.67. The number of carbonyl (C=O) groups is 1. The van der Waals surface area contributed by atoms with Gasteiger partial charge in [-0.15, -0.1) is 58.0 Å². The Kier molecular flexibility index (Phi) is 20.1. The van der Waals surface area contributed by atoms with Crippen molar-refractivity contribution in [2.24, 2.45) is 0 Å². The molecule has 0 unspecified atom stereocenters. The third-order valence-electron chi connectivity index (χ3n) is 19.4. The van der Waals surface area contributed by atoms with Gasteiger partial charge in [0.05, 0.1) is 34.7 Å². The van der Waals surface area contributed by atoms with Crippen LogP contribution in [-0.2, 0) is 36.5 Å². The number of thiophene rings is 4. The summed E-state index contributed by atoms with van der Waals surface area (Å²) in [6.45, 7) is 9.16. The smallest absolute Gasteiger partial charge is 0.194 e. The average Bonchev–Trinajstić information content (AvgIpc) is 1.50. The fourth-order valence-electron chi connectivity index (χ4n) is 14.7. The van der Waals surface area contributed by atoms with Crippen molar-refractivity contribution in [1.82, 2.24) is 0 Å². The van der Waals surface area contributed by atoms with Crippen molar-refractivity contribution in [3.05, 3.63) is 227 Å². The zero-order chi connectivity index (χ0) is 61.5. The molecule has 12 rings (SSSR count). The fourth-order valence-corrected chi connectivity index (χ4v) is 21.0. The lowest BCUT2D eigenvalue weighted by molar-refractivity contribution is 0.104. The van der Waals surface area contributed by atoms with E-state index in [0.717, 1.165) is 35.5 Å². The van der Waals surface area contributed by atoms with Gasteiger partial charge in [-0.1, -0.05) is 258 Å². The molecule has 0 amide bonds. The van der Waals surface area contributed by atoms with Crippen LogP contribution in [0.4, 0.5) is 0 Å². The van der Waals surface area contributed by atoms with Crippen molar-refractivity contribution >= 4 is 99.1 Å². The van der Waals surface area contributed by atoms with Gasteiger partial charge in [0, 0.05) is 52.8 Å². The zero-order valence-corrected chi connectivity index (χ0v) is 56.8. The first-order valence-corrected chi connectivity index (χ1v) is 37.3. The highest BCUT2D eigenvalue weighted by Gasteiger charge is 2.54. The summed E-state index contributed by atoms with van der Waals surface area (Å²) >= 11 is 13.1. The molecule has 0 saturated heterocycles. The van der Waals surface area contributed by atoms with Gasteiger partial charge in [-0.3, -0.25) is 4.79 Å². The number of allylic oxidation sites excluding steroid dienone is 4. The second-order valence-corrected chi connectivity index (χ2v) is 30.0. The largest absolute Gasteiger partial charge is 0.289 e. The summed E-state index contributed by atoms with van der Waals surface area (Å²) in [5, 5.41) is 20.6. The molecular weight excluding hydrogens is 1180 g/mol. The molecule has 3 aliphatic rings. The Hall–Kier alpha value is -6.36. The molecule has 4 heterocycles. The molecule has 0 atom stereocenters. The minimum absolute atomic E-state index is 0.0446. The van der Waals surface area contributed by atoms with Gasteiger partial charge in [0.2, 0.25) is 0 Å². The quantitative estimate of drug-likeness (QED) is 0.0220. The predicted octanol–water partition coefficient (Wildman–Crippen LogP) is 24.4. The Labute approximate surface area is 551 Å². The molecule has 3 nitrogen and oxygen atoms in total. The van der Waals surface area contributed by atoms with Gasteiger partial charge >= 0.3 is 0 Å². The number of carbonyl (C=O) groups excluding carboxylic acids is 1. The van der Waals surface area contributed by atoms with Crippen LogP contribution in [0.15, 0.2) is 145 Å². The van der Waals surface area contributed by atoms with Crippen LogP contribution in [-0.4, -0.2) is 5.78 Å². The van der Waals surface area contributed by atoms with E-state index in [-0.39, 0.29) is 11.4 Å². The van der Waals surface area contributed by atoms with Gasteiger partial charge in [-0.25, -0.2) is 0 Å². The number of thiol groups is 1. The third kappa shape index (κ3) is 12.0. The van der Waals surface area contributed by atoms with E-state index in [4.69, 9.17) is 12.6 Å². The van der Waals surface area contributed by atoms with Gasteiger partial charge in [-0.05, 0) is 114 Å². The van der Waals surface area contributed by atoms with Gasteiger partial charge in [0.15, 0.2) is 5.78 Å². The van der Waals surface area contributed by atoms with Gasteiger partial charge < -0.3 is 0 Å². The highest BCUT2D eigenvalue weighted by Crippen LogP contribution is 2.69. The standard InChI is InChI=1S/C81H84N2OS5/c1-5-9-13-17-19-23-29-56-37-45-61(46-38-56)81(62-47-39-57(40-48-62)30-24-20-18-14-10-6-2)71-75-68(50-63(86-75)49-66-69(58(52-82)53-83)64-31-25-26-32-65(64)73(66)84)87-77(71)79-72(81)78-76(89-79)70-74(88-78)67(85)51-80(70,59-41-33-54(34-42-59)27-21-15-11-7-3)60-43-35-55(36-44-60)28-22-16-12-8-4/h25-26,31-51,85H,5-24,27-30H2,1-4H3/b66-49-. The number of unbranched alkanes of at least 4 members (excludes halogenated alkanes) is 16. The van der Waals surface area contributed by atoms with Crippen LogP contribution in [0.3, 0.4) is 0 Å². The zero-order valence-electron chi connectivity index (χ0n) is 52.6. The van der Waals surface area contributed by atoms with Crippen LogP contribution in [0.2, 0.25) is 0 Å². The summed E-state index contributed by atoms with van der Waals surface area (Å²) < 4.78 is 5.08. The van der Waals surface area contributed by atoms with E-state index in [1.165, 1.54) is 223 Å². The Bertz CT molecular complexity index is 4050. The second kappa shape index (κ2) is 28.4. The van der Waals surface area contributed by atoms with Crippen LogP contribution in [0, 0.1) is 22.7 Å². The molecule has 0 aliphatic heterocycles. The van der Waals surface area contributed by atoms with E-state index < -0.39 is 10.8 Å². The molecule has 4 aromatic heterocycles. The normalized spacial score (nSPS) is 14.8. The number of rotatable bonds is 29. The van der Waals surface area contributed by atoms with E-state index in [1.807, 2.05) is 64.4 Å². The number of nitrogens with zero attached hydrogens (tertiary/aromatic N) is 2. The molecule has 0 N–H and O–H groups in total. The van der Waals surface area contributed by atoms with E-state index in [0.29, 0.717) is 22.3 Å². The summed E-state index contributed by atoms with van der Waals surface area (Å²) in [7, 11) is 0. The Morgan fingerprint density at radius 2 is 0.865 bits per heavy atom. The van der Waals surface area contributed by atoms with Crippen molar-refractivity contribution in [2.45, 2.75) is 193 Å². The topological polar surface area (TPSA) is 64.7 Å². The average molecular weight is 1260 g/mol. The molecule has 0 spiro atoms. The van der Waals surface area contributed by atoms with Crippen molar-refractivity contribution < 1.29 is 4.79 Å². The van der Waals surface area contributed by atoms with Crippen LogP contribution in [0.25, 0.3) is 45.1 Å². The maximum absolute atomic E-state index is 14.4. The molecule has 0 saturated carbocycles. The minimum atomic E-state index is -0.701. The van der Waals surface area contributed by atoms with E-state index in [9.17, 15) is 15.3 Å². The SMILES string of the molecule is CCCCCCCCc1ccc(C2(c3ccc(CCCCCCCC)cc3)c3c(sc4cc(/C=C5\C(=O)c6ccccc6C5=C(C#N)C#N)sc34)-c3sc4c5c(sc4c32)C(S)=CC5(c2ccc(CCCCCC)cc2)c2ccc(CCCCCC)cc2)cc1. The number of Topliss-reactive ketones (excluding diaryl/α,β-unsaturated/α-hetero) is 1. The predicted molar refractivity (Wildman–Crippen MR) is 387 cm³/mol. The first-order valence-electron chi connectivity index (χ1n) is 33.6. The Morgan fingerprint density at radius 3 is 1.35 bits per heavy atom. The van der Waals surface area contributed by atoms with Gasteiger partial charge in [0.1, 0.15) is 17.7 Å². The monoisotopic (exact) mass is 1260 g/mol. The van der Waals surface area contributed by atoms with E-state index in [1.54, 1.807) is 11.3 Å². The van der Waals surface area contributed by atoms with Crippen molar-refractivity contribution in [3.63, 3.8) is 0 Å². The first kappa shape index (κ1) is 62.8. The van der Waals surface area contributed by atoms with Crippen LogP contribution in [0.1, 0.15) is 243 Å². The highest BCUT2D eigenvalue weighted by molar-refractivity contribution is 7.91. The lowest BCUT2D eigenvalue weighted by Gasteiger charge is -2.33. The maximum Gasteiger partial charge on any atom is 0.194 e. The Morgan fingerprint density at radius 1 is 0.461 bits per heavy atom. The lowest BCUT2D eigenvalue weighted by Crippen LogP contribution is -2.28. The van der Waals surface area contributed by atoms with Crippen molar-refractivity contribution in [3.8, 4) is 21.9 Å². The number of ketones is 1. The first-order chi connectivity index (χ1) is 43.7. The van der Waals surface area contributed by atoms with Gasteiger partial charge in [0.25, 0.3) is 0 Å². The summed E-state index contributed by atoms with van der Waals surface area (Å²) in [4.78, 5) is 20.3. The fraction of sp³-hybridized carbons (Fsp3) is 0.370. The second-order valence-electron chi connectivity index (χ2n) is 25.4. The number of benzene rings is 5. The van der Waals surface area contributed by atoms with E-state index in [2.05, 4.69) is 149 Å². The van der Waals surface area contributed by atoms with Crippen LogP contribution < -0.4 is 0 Å².